The molecule has 28 heavy (non-hydrogen) atoms. The standard InChI is InChI=1S/C20H27N5O3/c1-20(2,3)19-23-12-15(17(24-19)22-11-14-5-4-10-28-14)18(27)25-8-6-13(7-9-25)16(21)26/h4-5,10,12-13H,6-9,11H2,1-3H3,(H2,21,26)(H,22,23,24). The predicted molar refractivity (Wildman–Crippen MR) is 105 cm³/mol. The molecule has 3 rings (SSSR count). The van der Waals surface area contributed by atoms with E-state index < -0.39 is 0 Å². The highest BCUT2D eigenvalue weighted by Crippen LogP contribution is 2.25. The van der Waals surface area contributed by atoms with Crippen molar-refractivity contribution in [3.63, 3.8) is 0 Å². The highest BCUT2D eigenvalue weighted by molar-refractivity contribution is 5.98. The highest BCUT2D eigenvalue weighted by atomic mass is 16.3. The molecule has 8 heteroatoms. The normalized spacial score (nSPS) is 15.5. The fraction of sp³-hybridized carbons (Fsp3) is 0.500. The molecular formula is C20H27N5O3. The second kappa shape index (κ2) is 8.00. The number of nitrogens with one attached hydrogen (secondary N) is 1. The fourth-order valence-corrected chi connectivity index (χ4v) is 3.16. The third kappa shape index (κ3) is 4.49. The molecule has 1 aliphatic heterocycles. The summed E-state index contributed by atoms with van der Waals surface area (Å²) in [6.45, 7) is 7.46. The maximum Gasteiger partial charge on any atom is 0.259 e. The Balaban J connectivity index is 1.82. The minimum Gasteiger partial charge on any atom is -0.467 e. The molecule has 0 aliphatic carbocycles. The Bertz CT molecular complexity index is 834. The number of likely N-dealkylation sites (tertiary alicyclic amines) is 1. The summed E-state index contributed by atoms with van der Waals surface area (Å²) in [5, 5.41) is 3.21. The number of carbonyl (C=O) groups is 2. The molecule has 1 saturated heterocycles. The number of hydrogen-bond acceptors (Lipinski definition) is 6. The zero-order valence-electron chi connectivity index (χ0n) is 16.6. The van der Waals surface area contributed by atoms with Crippen molar-refractivity contribution in [2.24, 2.45) is 11.7 Å². The van der Waals surface area contributed by atoms with Crippen molar-refractivity contribution in [2.45, 2.75) is 45.6 Å². The predicted octanol–water partition coefficient (Wildman–Crippen LogP) is 2.32. The summed E-state index contributed by atoms with van der Waals surface area (Å²) in [4.78, 5) is 35.2. The van der Waals surface area contributed by atoms with Gasteiger partial charge in [-0.3, -0.25) is 9.59 Å². The van der Waals surface area contributed by atoms with E-state index in [-0.39, 0.29) is 23.1 Å². The van der Waals surface area contributed by atoms with Gasteiger partial charge >= 0.3 is 0 Å². The topological polar surface area (TPSA) is 114 Å². The number of nitrogens with two attached hydrogens (primary N) is 1. The van der Waals surface area contributed by atoms with Crippen molar-refractivity contribution in [1.29, 1.82) is 0 Å². The van der Waals surface area contributed by atoms with E-state index >= 15 is 0 Å². The first-order valence-electron chi connectivity index (χ1n) is 9.48. The lowest BCUT2D eigenvalue weighted by atomic mass is 9.95. The van der Waals surface area contributed by atoms with E-state index in [0.29, 0.717) is 49.7 Å². The van der Waals surface area contributed by atoms with Crippen molar-refractivity contribution < 1.29 is 14.0 Å². The van der Waals surface area contributed by atoms with Crippen LogP contribution < -0.4 is 11.1 Å². The van der Waals surface area contributed by atoms with Crippen molar-refractivity contribution in [3.05, 3.63) is 41.7 Å². The van der Waals surface area contributed by atoms with Crippen LogP contribution in [0.2, 0.25) is 0 Å². The van der Waals surface area contributed by atoms with Crippen LogP contribution in [-0.4, -0.2) is 39.8 Å². The smallest absolute Gasteiger partial charge is 0.259 e. The molecule has 8 nitrogen and oxygen atoms in total. The summed E-state index contributed by atoms with van der Waals surface area (Å²) < 4.78 is 5.36. The molecule has 0 spiro atoms. The number of piperidine rings is 1. The van der Waals surface area contributed by atoms with Gasteiger partial charge in [0.2, 0.25) is 5.91 Å². The average Bonchev–Trinajstić information content (AvgIpc) is 3.18. The Morgan fingerprint density at radius 1 is 1.32 bits per heavy atom. The van der Waals surface area contributed by atoms with Crippen molar-refractivity contribution in [2.75, 3.05) is 18.4 Å². The van der Waals surface area contributed by atoms with Gasteiger partial charge in [-0.15, -0.1) is 0 Å². The Hall–Kier alpha value is -2.90. The Morgan fingerprint density at radius 3 is 2.61 bits per heavy atom. The molecule has 0 unspecified atom stereocenters. The number of nitrogens with zero attached hydrogens (tertiary/aromatic N) is 3. The van der Waals surface area contributed by atoms with Crippen LogP contribution in [-0.2, 0) is 16.8 Å². The lowest BCUT2D eigenvalue weighted by molar-refractivity contribution is -0.123. The van der Waals surface area contributed by atoms with Crippen LogP contribution in [0.3, 0.4) is 0 Å². The molecule has 2 amide bonds. The second-order valence-corrected chi connectivity index (χ2v) is 8.11. The van der Waals surface area contributed by atoms with E-state index in [1.165, 1.54) is 0 Å². The molecule has 0 bridgehead atoms. The zero-order chi connectivity index (χ0) is 20.3. The third-order valence-electron chi connectivity index (χ3n) is 4.88. The molecule has 2 aromatic rings. The van der Waals surface area contributed by atoms with Gasteiger partial charge in [-0.2, -0.15) is 0 Å². The number of furan rings is 1. The van der Waals surface area contributed by atoms with Gasteiger partial charge < -0.3 is 20.4 Å². The number of hydrogen-bond donors (Lipinski definition) is 2. The van der Waals surface area contributed by atoms with Gasteiger partial charge in [0.25, 0.3) is 5.91 Å². The van der Waals surface area contributed by atoms with Crippen molar-refractivity contribution >= 4 is 17.6 Å². The molecule has 3 heterocycles. The van der Waals surface area contributed by atoms with Crippen molar-refractivity contribution in [1.82, 2.24) is 14.9 Å². The number of primary amides is 1. The van der Waals surface area contributed by atoms with Gasteiger partial charge in [-0.25, -0.2) is 9.97 Å². The molecule has 150 valence electrons. The summed E-state index contributed by atoms with van der Waals surface area (Å²) in [5.74, 6) is 1.27. The van der Waals surface area contributed by atoms with Crippen LogP contribution in [0.1, 0.15) is 55.6 Å². The van der Waals surface area contributed by atoms with Gasteiger partial charge in [-0.1, -0.05) is 20.8 Å². The van der Waals surface area contributed by atoms with Crippen LogP contribution >= 0.6 is 0 Å². The van der Waals surface area contributed by atoms with Crippen LogP contribution in [0.25, 0.3) is 0 Å². The third-order valence-corrected chi connectivity index (χ3v) is 4.88. The second-order valence-electron chi connectivity index (χ2n) is 8.11. The minimum atomic E-state index is -0.300. The average molecular weight is 385 g/mol. The van der Waals surface area contributed by atoms with Gasteiger partial charge in [0, 0.05) is 30.6 Å². The van der Waals surface area contributed by atoms with E-state index in [1.54, 1.807) is 17.4 Å². The molecule has 0 radical (unpaired) electrons. The van der Waals surface area contributed by atoms with Crippen molar-refractivity contribution in [3.8, 4) is 0 Å². The Labute approximate surface area is 164 Å². The zero-order valence-corrected chi connectivity index (χ0v) is 16.6. The van der Waals surface area contributed by atoms with Gasteiger partial charge in [0.1, 0.15) is 23.0 Å². The number of amides is 2. The molecule has 0 aromatic carbocycles. The Kier molecular flexibility index (Phi) is 5.67. The largest absolute Gasteiger partial charge is 0.467 e. The van der Waals surface area contributed by atoms with Crippen LogP contribution in [0.5, 0.6) is 0 Å². The van der Waals surface area contributed by atoms with Crippen LogP contribution in [0.4, 0.5) is 5.82 Å². The molecular weight excluding hydrogens is 358 g/mol. The van der Waals surface area contributed by atoms with E-state index in [4.69, 9.17) is 10.2 Å². The maximum atomic E-state index is 13.1. The first-order valence-corrected chi connectivity index (χ1v) is 9.48. The minimum absolute atomic E-state index is 0.148. The summed E-state index contributed by atoms with van der Waals surface area (Å²) in [5.41, 5.74) is 5.55. The molecule has 0 atom stereocenters. The molecule has 3 N–H and O–H groups in total. The SMILES string of the molecule is CC(C)(C)c1ncc(C(=O)N2CCC(C(N)=O)CC2)c(NCc2ccco2)n1. The van der Waals surface area contributed by atoms with Gasteiger partial charge in [0.05, 0.1) is 12.8 Å². The van der Waals surface area contributed by atoms with Crippen LogP contribution in [0.15, 0.2) is 29.0 Å². The quantitative estimate of drug-likeness (QED) is 0.816. The van der Waals surface area contributed by atoms with Crippen LogP contribution in [0, 0.1) is 5.92 Å². The Morgan fingerprint density at radius 2 is 2.04 bits per heavy atom. The summed E-state index contributed by atoms with van der Waals surface area (Å²) in [7, 11) is 0. The van der Waals surface area contributed by atoms with E-state index in [2.05, 4.69) is 15.3 Å². The molecule has 2 aromatic heterocycles. The number of anilines is 1. The summed E-state index contributed by atoms with van der Waals surface area (Å²) >= 11 is 0. The number of aromatic nitrogens is 2. The van der Waals surface area contributed by atoms with Gasteiger partial charge in [0.15, 0.2) is 0 Å². The maximum absolute atomic E-state index is 13.1. The molecule has 1 fully saturated rings. The van der Waals surface area contributed by atoms with E-state index in [9.17, 15) is 9.59 Å². The summed E-state index contributed by atoms with van der Waals surface area (Å²) in [6.07, 6.45) is 4.35. The lowest BCUT2D eigenvalue weighted by Crippen LogP contribution is -2.42. The highest BCUT2D eigenvalue weighted by Gasteiger charge is 2.29. The van der Waals surface area contributed by atoms with Gasteiger partial charge in [-0.05, 0) is 25.0 Å². The first-order chi connectivity index (χ1) is 13.3. The molecule has 0 saturated carbocycles. The fourth-order valence-electron chi connectivity index (χ4n) is 3.16. The van der Waals surface area contributed by atoms with E-state index in [1.807, 2.05) is 32.9 Å². The number of rotatable bonds is 5. The van der Waals surface area contributed by atoms with E-state index in [0.717, 1.165) is 5.76 Å². The monoisotopic (exact) mass is 385 g/mol. The first kappa shape index (κ1) is 19.9. The summed E-state index contributed by atoms with van der Waals surface area (Å²) in [6, 6.07) is 3.67. The number of carbonyl (C=O) groups excluding carboxylic acids is 2. The molecule has 1 aliphatic rings. The lowest BCUT2D eigenvalue weighted by Gasteiger charge is -2.31.